The van der Waals surface area contributed by atoms with Gasteiger partial charge in [0, 0.05) is 11.8 Å². The monoisotopic (exact) mass is 264 g/mol. The average Bonchev–Trinajstić information content (AvgIpc) is 2.34. The van der Waals surface area contributed by atoms with Crippen molar-refractivity contribution in [3.8, 4) is 0 Å². The van der Waals surface area contributed by atoms with Crippen molar-refractivity contribution in [3.63, 3.8) is 0 Å². The van der Waals surface area contributed by atoms with E-state index in [-0.39, 0.29) is 16.7 Å². The lowest BCUT2D eigenvalue weighted by Gasteiger charge is -2.58. The minimum atomic E-state index is -0.323. The van der Waals surface area contributed by atoms with Crippen LogP contribution in [-0.4, -0.2) is 12.6 Å². The molecule has 5 atom stereocenters. The highest BCUT2D eigenvalue weighted by Gasteiger charge is 2.55. The predicted octanol–water partition coefficient (Wildman–Crippen LogP) is 3.88. The summed E-state index contributed by atoms with van der Waals surface area (Å²) in [7, 11) is 0. The highest BCUT2D eigenvalue weighted by atomic mass is 16.1. The first-order valence-corrected chi connectivity index (χ1v) is 7.76. The molecule has 0 saturated heterocycles. The summed E-state index contributed by atoms with van der Waals surface area (Å²) in [5.74, 6) is 1.85. The molecule has 0 aromatic rings. The van der Waals surface area contributed by atoms with Gasteiger partial charge in [-0.05, 0) is 41.9 Å². The molecule has 0 bridgehead atoms. The summed E-state index contributed by atoms with van der Waals surface area (Å²) < 4.78 is 0. The standard InChI is InChI=1S/C17H28O2/c1-12-10-13-6-5-8-16(2,3)15(13)14(7-9-18)17(12,4)11-19/h9,11-15H,5-8,10H2,1-4H3. The van der Waals surface area contributed by atoms with Gasteiger partial charge >= 0.3 is 0 Å². The minimum Gasteiger partial charge on any atom is -0.303 e. The van der Waals surface area contributed by atoms with E-state index >= 15 is 0 Å². The van der Waals surface area contributed by atoms with E-state index in [9.17, 15) is 9.59 Å². The molecule has 0 N–H and O–H groups in total. The Balaban J connectivity index is 2.42. The fraction of sp³-hybridized carbons (Fsp3) is 0.882. The van der Waals surface area contributed by atoms with Crippen LogP contribution in [-0.2, 0) is 9.59 Å². The number of carbonyl (C=O) groups is 2. The topological polar surface area (TPSA) is 34.1 Å². The van der Waals surface area contributed by atoms with E-state index in [2.05, 4.69) is 27.7 Å². The molecule has 108 valence electrons. The third-order valence-electron chi connectivity index (χ3n) is 6.36. The van der Waals surface area contributed by atoms with Crippen LogP contribution in [0.3, 0.4) is 0 Å². The number of hydrogen-bond acceptors (Lipinski definition) is 2. The Morgan fingerprint density at radius 1 is 1.21 bits per heavy atom. The van der Waals surface area contributed by atoms with Crippen LogP contribution in [0.4, 0.5) is 0 Å². The first kappa shape index (κ1) is 14.7. The Bertz CT molecular complexity index is 360. The van der Waals surface area contributed by atoms with Crippen LogP contribution in [0.1, 0.15) is 59.8 Å². The van der Waals surface area contributed by atoms with Gasteiger partial charge in [-0.3, -0.25) is 0 Å². The van der Waals surface area contributed by atoms with Crippen LogP contribution in [0, 0.1) is 34.5 Å². The molecule has 2 nitrogen and oxygen atoms in total. The van der Waals surface area contributed by atoms with Gasteiger partial charge in [-0.25, -0.2) is 0 Å². The summed E-state index contributed by atoms with van der Waals surface area (Å²) in [6.07, 6.45) is 7.68. The van der Waals surface area contributed by atoms with Crippen molar-refractivity contribution in [2.45, 2.75) is 59.8 Å². The van der Waals surface area contributed by atoms with Crippen molar-refractivity contribution in [1.82, 2.24) is 0 Å². The molecular formula is C17H28O2. The van der Waals surface area contributed by atoms with Crippen LogP contribution in [0.25, 0.3) is 0 Å². The van der Waals surface area contributed by atoms with Crippen molar-refractivity contribution >= 4 is 12.6 Å². The van der Waals surface area contributed by atoms with E-state index in [0.717, 1.165) is 19.0 Å². The number of aldehydes is 2. The first-order chi connectivity index (χ1) is 8.86. The average molecular weight is 264 g/mol. The maximum absolute atomic E-state index is 11.7. The molecule has 0 amide bonds. The Hall–Kier alpha value is -0.660. The zero-order valence-corrected chi connectivity index (χ0v) is 12.8. The molecule has 0 spiro atoms. The molecule has 0 aliphatic heterocycles. The van der Waals surface area contributed by atoms with E-state index in [1.165, 1.54) is 19.3 Å². The van der Waals surface area contributed by atoms with E-state index in [1.54, 1.807) is 0 Å². The van der Waals surface area contributed by atoms with Crippen molar-refractivity contribution in [1.29, 1.82) is 0 Å². The highest BCUT2D eigenvalue weighted by molar-refractivity contribution is 5.62. The van der Waals surface area contributed by atoms with Crippen molar-refractivity contribution in [3.05, 3.63) is 0 Å². The van der Waals surface area contributed by atoms with Crippen LogP contribution in [0.5, 0.6) is 0 Å². The van der Waals surface area contributed by atoms with E-state index in [4.69, 9.17) is 0 Å². The Morgan fingerprint density at radius 2 is 1.89 bits per heavy atom. The second-order valence-electron chi connectivity index (χ2n) is 7.80. The van der Waals surface area contributed by atoms with Gasteiger partial charge in [0.1, 0.15) is 12.6 Å². The van der Waals surface area contributed by atoms with Crippen molar-refractivity contribution in [2.75, 3.05) is 0 Å². The molecule has 0 aromatic heterocycles. The maximum Gasteiger partial charge on any atom is 0.126 e. The molecule has 19 heavy (non-hydrogen) atoms. The van der Waals surface area contributed by atoms with Gasteiger partial charge in [-0.2, -0.15) is 0 Å². The zero-order valence-electron chi connectivity index (χ0n) is 12.8. The van der Waals surface area contributed by atoms with Crippen LogP contribution in [0.15, 0.2) is 0 Å². The predicted molar refractivity (Wildman–Crippen MR) is 76.7 cm³/mol. The molecule has 2 saturated carbocycles. The molecule has 5 unspecified atom stereocenters. The number of fused-ring (bicyclic) bond motifs is 1. The number of rotatable bonds is 3. The lowest BCUT2D eigenvalue weighted by atomic mass is 9.46. The van der Waals surface area contributed by atoms with Gasteiger partial charge in [-0.15, -0.1) is 0 Å². The highest BCUT2D eigenvalue weighted by Crippen LogP contribution is 2.60. The summed E-state index contributed by atoms with van der Waals surface area (Å²) in [5, 5.41) is 0. The second-order valence-corrected chi connectivity index (χ2v) is 7.80. The molecule has 0 heterocycles. The minimum absolute atomic E-state index is 0.228. The van der Waals surface area contributed by atoms with Crippen LogP contribution >= 0.6 is 0 Å². The fourth-order valence-electron chi connectivity index (χ4n) is 5.11. The molecule has 2 heteroatoms. The van der Waals surface area contributed by atoms with E-state index < -0.39 is 0 Å². The van der Waals surface area contributed by atoms with Gasteiger partial charge < -0.3 is 9.59 Å². The fourth-order valence-corrected chi connectivity index (χ4v) is 5.11. The van der Waals surface area contributed by atoms with Gasteiger partial charge in [0.15, 0.2) is 0 Å². The number of carbonyl (C=O) groups excluding carboxylic acids is 2. The molecule has 2 fully saturated rings. The lowest BCUT2D eigenvalue weighted by Crippen LogP contribution is -2.53. The van der Waals surface area contributed by atoms with Gasteiger partial charge in [0.2, 0.25) is 0 Å². The first-order valence-electron chi connectivity index (χ1n) is 7.76. The summed E-state index contributed by atoms with van der Waals surface area (Å²) >= 11 is 0. The van der Waals surface area contributed by atoms with E-state index in [1.807, 2.05) is 0 Å². The molecule has 0 aromatic carbocycles. The Kier molecular flexibility index (Phi) is 3.90. The third-order valence-corrected chi connectivity index (χ3v) is 6.36. The molecule has 2 aliphatic rings. The smallest absolute Gasteiger partial charge is 0.126 e. The SMILES string of the molecule is CC1CC2CCCC(C)(C)C2C(CC=O)C1(C)C=O. The second kappa shape index (κ2) is 5.03. The summed E-state index contributed by atoms with van der Waals surface area (Å²) in [5.41, 5.74) is -0.0578. The Morgan fingerprint density at radius 3 is 2.47 bits per heavy atom. The van der Waals surface area contributed by atoms with Crippen molar-refractivity contribution in [2.24, 2.45) is 34.5 Å². The quantitative estimate of drug-likeness (QED) is 0.725. The molecule has 0 radical (unpaired) electrons. The van der Waals surface area contributed by atoms with Gasteiger partial charge in [0.05, 0.1) is 0 Å². The van der Waals surface area contributed by atoms with Gasteiger partial charge in [0.25, 0.3) is 0 Å². The zero-order chi connectivity index (χ0) is 14.3. The third kappa shape index (κ3) is 2.28. The molecule has 2 rings (SSSR count). The summed E-state index contributed by atoms with van der Waals surface area (Å²) in [6.45, 7) is 8.95. The van der Waals surface area contributed by atoms with Gasteiger partial charge in [-0.1, -0.05) is 40.5 Å². The van der Waals surface area contributed by atoms with E-state index in [0.29, 0.717) is 24.2 Å². The normalized spacial score (nSPS) is 45.3. The number of hydrogen-bond donors (Lipinski definition) is 0. The van der Waals surface area contributed by atoms with Crippen LogP contribution in [0.2, 0.25) is 0 Å². The largest absolute Gasteiger partial charge is 0.303 e. The summed E-state index contributed by atoms with van der Waals surface area (Å²) in [4.78, 5) is 22.9. The maximum atomic E-state index is 11.7. The van der Waals surface area contributed by atoms with Crippen molar-refractivity contribution < 1.29 is 9.59 Å². The lowest BCUT2D eigenvalue weighted by molar-refractivity contribution is -0.142. The molecular weight excluding hydrogens is 236 g/mol. The summed E-state index contributed by atoms with van der Waals surface area (Å²) in [6, 6.07) is 0. The Labute approximate surface area is 117 Å². The van der Waals surface area contributed by atoms with Crippen LogP contribution < -0.4 is 0 Å². The molecule has 2 aliphatic carbocycles.